The van der Waals surface area contributed by atoms with Gasteiger partial charge in [0.25, 0.3) is 0 Å². The van der Waals surface area contributed by atoms with E-state index in [0.29, 0.717) is 29.6 Å². The normalized spacial score (nSPS) is 44.5. The number of pyridine rings is 1. The maximum Gasteiger partial charge on any atom is 0.227 e. The molecular formula is C29H42BrN5O2. The van der Waals surface area contributed by atoms with Gasteiger partial charge in [0.2, 0.25) is 11.8 Å². The molecule has 1 aromatic heterocycles. The highest BCUT2D eigenvalue weighted by molar-refractivity contribution is 9.10. The lowest BCUT2D eigenvalue weighted by Crippen LogP contribution is -2.67. The maximum absolute atomic E-state index is 14.0. The highest BCUT2D eigenvalue weighted by Gasteiger charge is 2.60. The number of rotatable bonds is 5. The fraction of sp³-hybridized carbons (Fsp3) is 0.759. The second-order valence-electron chi connectivity index (χ2n) is 14.2. The summed E-state index contributed by atoms with van der Waals surface area (Å²) in [4.78, 5) is 30.9. The van der Waals surface area contributed by atoms with Crippen LogP contribution < -0.4 is 22.5 Å². The van der Waals surface area contributed by atoms with E-state index in [1.54, 1.807) is 0 Å². The SMILES string of the molecule is CC(C)(C(=O)NC1C2CC3CC1CC(C(N)=O)(C3)C2)C1(N)CC2CC(CC(N)(c3ccc(Br)cn3)C2)C1. The van der Waals surface area contributed by atoms with E-state index < -0.39 is 16.5 Å². The summed E-state index contributed by atoms with van der Waals surface area (Å²) >= 11 is 3.47. The number of carbonyl (C=O) groups is 2. The highest BCUT2D eigenvalue weighted by Crippen LogP contribution is 2.60. The number of aromatic nitrogens is 1. The van der Waals surface area contributed by atoms with Crippen molar-refractivity contribution < 1.29 is 9.59 Å². The van der Waals surface area contributed by atoms with Crippen LogP contribution in [0.4, 0.5) is 0 Å². The second kappa shape index (κ2) is 8.49. The largest absolute Gasteiger partial charge is 0.369 e. The lowest BCUT2D eigenvalue weighted by atomic mass is 9.47. The Balaban J connectivity index is 1.16. The first-order valence-electron chi connectivity index (χ1n) is 14.1. The Labute approximate surface area is 228 Å². The van der Waals surface area contributed by atoms with Crippen molar-refractivity contribution in [2.45, 2.75) is 95.2 Å². The van der Waals surface area contributed by atoms with E-state index in [4.69, 9.17) is 17.2 Å². The van der Waals surface area contributed by atoms with E-state index in [1.807, 2.05) is 32.2 Å². The number of nitrogens with two attached hydrogens (primary N) is 3. The standard InChI is InChI=1S/C29H42BrN5O2/c1-26(2,25(37)35-23-19-6-16-7-20(23)14-27(8-16,13-19)24(31)36)29(33)11-17-5-18(12-29)10-28(32,9-17)22-4-3-21(30)15-34-22/h3-4,15-20,23H,5-14,32-33H2,1-2H3,(H2,31,36)(H,35,37). The lowest BCUT2D eigenvalue weighted by molar-refractivity contribution is -0.150. The van der Waals surface area contributed by atoms with Crippen molar-refractivity contribution in [1.29, 1.82) is 0 Å². The van der Waals surface area contributed by atoms with Gasteiger partial charge in [0.1, 0.15) is 0 Å². The van der Waals surface area contributed by atoms with Crippen LogP contribution in [0.2, 0.25) is 0 Å². The summed E-state index contributed by atoms with van der Waals surface area (Å²) in [6.45, 7) is 4.08. The molecule has 202 valence electrons. The first kappa shape index (κ1) is 25.8. The van der Waals surface area contributed by atoms with E-state index in [0.717, 1.165) is 74.4 Å². The molecule has 6 saturated carbocycles. The smallest absolute Gasteiger partial charge is 0.227 e. The fourth-order valence-electron chi connectivity index (χ4n) is 9.69. The number of nitrogens with zero attached hydrogens (tertiary/aromatic N) is 1. The second-order valence-corrected chi connectivity index (χ2v) is 15.1. The molecule has 4 unspecified atom stereocenters. The number of nitrogens with one attached hydrogen (secondary N) is 1. The monoisotopic (exact) mass is 571 g/mol. The molecule has 6 aliphatic carbocycles. The predicted octanol–water partition coefficient (Wildman–Crippen LogP) is 3.73. The first-order chi connectivity index (χ1) is 17.3. The zero-order valence-electron chi connectivity index (χ0n) is 22.1. The predicted molar refractivity (Wildman–Crippen MR) is 146 cm³/mol. The Morgan fingerprint density at radius 3 is 2.11 bits per heavy atom. The molecule has 7 rings (SSSR count). The average Bonchev–Trinajstić information content (AvgIpc) is 2.80. The van der Waals surface area contributed by atoms with E-state index in [9.17, 15) is 9.59 Å². The van der Waals surface area contributed by atoms with Crippen molar-refractivity contribution in [1.82, 2.24) is 10.3 Å². The van der Waals surface area contributed by atoms with Gasteiger partial charge in [-0.1, -0.05) is 0 Å². The van der Waals surface area contributed by atoms with Gasteiger partial charge in [-0.15, -0.1) is 0 Å². The summed E-state index contributed by atoms with van der Waals surface area (Å²) < 4.78 is 0.952. The summed E-state index contributed by atoms with van der Waals surface area (Å²) in [7, 11) is 0. The quantitative estimate of drug-likeness (QED) is 0.426. The van der Waals surface area contributed by atoms with Crippen molar-refractivity contribution in [3.8, 4) is 0 Å². The molecule has 0 radical (unpaired) electrons. The van der Waals surface area contributed by atoms with Crippen LogP contribution in [0.3, 0.4) is 0 Å². The van der Waals surface area contributed by atoms with Crippen LogP contribution in [0.1, 0.15) is 83.7 Å². The summed E-state index contributed by atoms with van der Waals surface area (Å²) in [5.74, 6) is 1.92. The van der Waals surface area contributed by atoms with Crippen molar-refractivity contribution in [2.24, 2.45) is 57.6 Å². The third kappa shape index (κ3) is 4.08. The van der Waals surface area contributed by atoms with Gasteiger partial charge in [0.05, 0.1) is 16.6 Å². The molecule has 1 aromatic rings. The summed E-state index contributed by atoms with van der Waals surface area (Å²) in [6.07, 6.45) is 11.0. The van der Waals surface area contributed by atoms with Gasteiger partial charge >= 0.3 is 0 Å². The zero-order chi connectivity index (χ0) is 26.4. The zero-order valence-corrected chi connectivity index (χ0v) is 23.7. The van der Waals surface area contributed by atoms with Crippen molar-refractivity contribution in [3.05, 3.63) is 28.5 Å². The molecule has 6 fully saturated rings. The van der Waals surface area contributed by atoms with Crippen LogP contribution in [0.15, 0.2) is 22.8 Å². The Bertz CT molecular complexity index is 1070. The maximum atomic E-state index is 14.0. The van der Waals surface area contributed by atoms with Gasteiger partial charge in [-0.05, 0) is 136 Å². The van der Waals surface area contributed by atoms with Gasteiger partial charge in [0, 0.05) is 27.7 Å². The molecule has 0 aromatic carbocycles. The fourth-order valence-corrected chi connectivity index (χ4v) is 9.92. The van der Waals surface area contributed by atoms with Crippen LogP contribution >= 0.6 is 15.9 Å². The molecular weight excluding hydrogens is 530 g/mol. The van der Waals surface area contributed by atoms with Crippen molar-refractivity contribution >= 4 is 27.7 Å². The Morgan fingerprint density at radius 2 is 1.57 bits per heavy atom. The molecule has 1 heterocycles. The Hall–Kier alpha value is -1.51. The molecule has 0 saturated heterocycles. The first-order valence-corrected chi connectivity index (χ1v) is 14.9. The van der Waals surface area contributed by atoms with E-state index >= 15 is 0 Å². The van der Waals surface area contributed by atoms with E-state index in [-0.39, 0.29) is 23.3 Å². The van der Waals surface area contributed by atoms with Crippen LogP contribution in [-0.4, -0.2) is 28.4 Å². The minimum Gasteiger partial charge on any atom is -0.369 e. The summed E-state index contributed by atoms with van der Waals surface area (Å²) in [6, 6.07) is 4.17. The van der Waals surface area contributed by atoms with Crippen LogP contribution in [-0.2, 0) is 15.1 Å². The number of amides is 2. The van der Waals surface area contributed by atoms with Crippen LogP contribution in [0.5, 0.6) is 0 Å². The van der Waals surface area contributed by atoms with Gasteiger partial charge in [0.15, 0.2) is 0 Å². The van der Waals surface area contributed by atoms with E-state index in [2.05, 4.69) is 26.2 Å². The number of primary amides is 1. The Kier molecular flexibility index (Phi) is 5.91. The van der Waals surface area contributed by atoms with Gasteiger partial charge in [-0.2, -0.15) is 0 Å². The van der Waals surface area contributed by atoms with Gasteiger partial charge in [-0.3, -0.25) is 14.6 Å². The molecule has 0 aliphatic heterocycles. The topological polar surface area (TPSA) is 137 Å². The average molecular weight is 573 g/mol. The Morgan fingerprint density at radius 1 is 0.946 bits per heavy atom. The molecule has 37 heavy (non-hydrogen) atoms. The number of fused-ring (bicyclic) bond motifs is 2. The number of hydrogen-bond acceptors (Lipinski definition) is 5. The van der Waals surface area contributed by atoms with Crippen LogP contribution in [0.25, 0.3) is 0 Å². The molecule has 0 spiro atoms. The van der Waals surface area contributed by atoms with Crippen molar-refractivity contribution in [3.63, 3.8) is 0 Å². The molecule has 8 heteroatoms. The summed E-state index contributed by atoms with van der Waals surface area (Å²) in [5, 5.41) is 3.48. The minimum absolute atomic E-state index is 0.0640. The molecule has 6 aliphatic rings. The minimum atomic E-state index is -0.704. The number of hydrogen-bond donors (Lipinski definition) is 4. The van der Waals surface area contributed by atoms with Gasteiger partial charge < -0.3 is 22.5 Å². The third-order valence-corrected chi connectivity index (χ3v) is 11.9. The molecule has 6 bridgehead atoms. The highest BCUT2D eigenvalue weighted by atomic mass is 79.9. The molecule has 7 nitrogen and oxygen atoms in total. The molecule has 4 atom stereocenters. The number of carbonyl (C=O) groups excluding carboxylic acids is 2. The van der Waals surface area contributed by atoms with Gasteiger partial charge in [-0.25, -0.2) is 0 Å². The van der Waals surface area contributed by atoms with Crippen molar-refractivity contribution in [2.75, 3.05) is 0 Å². The molecule has 2 amide bonds. The van der Waals surface area contributed by atoms with Crippen LogP contribution in [0, 0.1) is 40.4 Å². The third-order valence-electron chi connectivity index (χ3n) is 11.4. The molecule has 7 N–H and O–H groups in total. The number of halogens is 1. The van der Waals surface area contributed by atoms with E-state index in [1.165, 1.54) is 0 Å². The lowest BCUT2D eigenvalue weighted by Gasteiger charge is -2.59. The summed E-state index contributed by atoms with van der Waals surface area (Å²) in [5.41, 5.74) is 18.9.